The molecule has 1 unspecified atom stereocenters. The van der Waals surface area contributed by atoms with E-state index >= 15 is 0 Å². The van der Waals surface area contributed by atoms with E-state index in [1.165, 1.54) is 19.4 Å². The van der Waals surface area contributed by atoms with E-state index < -0.39 is 0 Å². The van der Waals surface area contributed by atoms with Gasteiger partial charge in [-0.1, -0.05) is 0 Å². The summed E-state index contributed by atoms with van der Waals surface area (Å²) in [6.07, 6.45) is 4.51. The highest BCUT2D eigenvalue weighted by atomic mass is 79.9. The first-order chi connectivity index (χ1) is 6.77. The average molecular weight is 258 g/mol. The SMILES string of the molecule is Cc1ncc(Br)n1CC1CCCNC1. The van der Waals surface area contributed by atoms with Crippen molar-refractivity contribution in [1.29, 1.82) is 0 Å². The Hall–Kier alpha value is -0.350. The average Bonchev–Trinajstić information content (AvgIpc) is 2.51. The van der Waals surface area contributed by atoms with E-state index in [0.717, 1.165) is 29.4 Å². The fourth-order valence-electron chi connectivity index (χ4n) is 2.00. The summed E-state index contributed by atoms with van der Waals surface area (Å²) in [4.78, 5) is 4.28. The molecule has 0 radical (unpaired) electrons. The van der Waals surface area contributed by atoms with Crippen LogP contribution >= 0.6 is 15.9 Å². The van der Waals surface area contributed by atoms with Gasteiger partial charge in [0, 0.05) is 6.54 Å². The molecule has 1 fully saturated rings. The van der Waals surface area contributed by atoms with Crippen LogP contribution in [0.5, 0.6) is 0 Å². The first kappa shape index (κ1) is 10.2. The van der Waals surface area contributed by atoms with Gasteiger partial charge in [0.2, 0.25) is 0 Å². The summed E-state index contributed by atoms with van der Waals surface area (Å²) >= 11 is 3.52. The van der Waals surface area contributed by atoms with E-state index in [2.05, 4.69) is 37.7 Å². The van der Waals surface area contributed by atoms with Crippen LogP contribution in [-0.2, 0) is 6.54 Å². The number of nitrogens with one attached hydrogen (secondary N) is 1. The lowest BCUT2D eigenvalue weighted by molar-refractivity contribution is 0.333. The molecule has 1 N–H and O–H groups in total. The van der Waals surface area contributed by atoms with Gasteiger partial charge < -0.3 is 9.88 Å². The molecule has 0 saturated carbocycles. The van der Waals surface area contributed by atoms with Crippen molar-refractivity contribution >= 4 is 15.9 Å². The molecule has 1 aromatic heterocycles. The number of hydrogen-bond donors (Lipinski definition) is 1. The quantitative estimate of drug-likeness (QED) is 0.878. The molecule has 2 heterocycles. The predicted molar refractivity (Wildman–Crippen MR) is 60.3 cm³/mol. The molecule has 2 rings (SSSR count). The smallest absolute Gasteiger partial charge is 0.106 e. The van der Waals surface area contributed by atoms with Gasteiger partial charge in [0.05, 0.1) is 6.20 Å². The number of imidazole rings is 1. The number of nitrogens with zero attached hydrogens (tertiary/aromatic N) is 2. The number of piperidine rings is 1. The molecular weight excluding hydrogens is 242 g/mol. The second-order valence-corrected chi connectivity index (χ2v) is 4.76. The maximum absolute atomic E-state index is 4.28. The molecule has 0 bridgehead atoms. The molecule has 1 aliphatic heterocycles. The fourth-order valence-corrected chi connectivity index (χ4v) is 2.50. The number of halogens is 1. The highest BCUT2D eigenvalue weighted by molar-refractivity contribution is 9.10. The Bertz CT molecular complexity index is 283. The first-order valence-electron chi connectivity index (χ1n) is 5.15. The number of aryl methyl sites for hydroxylation is 1. The zero-order valence-electron chi connectivity index (χ0n) is 8.46. The van der Waals surface area contributed by atoms with E-state index in [0.29, 0.717) is 0 Å². The van der Waals surface area contributed by atoms with Crippen LogP contribution in [0, 0.1) is 12.8 Å². The van der Waals surface area contributed by atoms with Gasteiger partial charge in [-0.15, -0.1) is 0 Å². The summed E-state index contributed by atoms with van der Waals surface area (Å²) in [5, 5.41) is 3.44. The molecule has 14 heavy (non-hydrogen) atoms. The Kier molecular flexibility index (Phi) is 3.23. The van der Waals surface area contributed by atoms with Crippen LogP contribution in [0.2, 0.25) is 0 Å². The van der Waals surface area contributed by atoms with Crippen LogP contribution in [-0.4, -0.2) is 22.6 Å². The van der Waals surface area contributed by atoms with Crippen LogP contribution in [0.4, 0.5) is 0 Å². The maximum atomic E-state index is 4.28. The van der Waals surface area contributed by atoms with E-state index in [4.69, 9.17) is 0 Å². The van der Waals surface area contributed by atoms with Crippen molar-refractivity contribution < 1.29 is 0 Å². The normalized spacial score (nSPS) is 22.6. The summed E-state index contributed by atoms with van der Waals surface area (Å²) in [6, 6.07) is 0. The summed E-state index contributed by atoms with van der Waals surface area (Å²) < 4.78 is 3.35. The van der Waals surface area contributed by atoms with Crippen LogP contribution in [0.3, 0.4) is 0 Å². The van der Waals surface area contributed by atoms with Crippen molar-refractivity contribution in [2.75, 3.05) is 13.1 Å². The Morgan fingerprint density at radius 3 is 3.14 bits per heavy atom. The monoisotopic (exact) mass is 257 g/mol. The third-order valence-electron chi connectivity index (χ3n) is 2.85. The predicted octanol–water partition coefficient (Wildman–Crippen LogP) is 1.95. The molecular formula is C10H16BrN3. The minimum Gasteiger partial charge on any atom is -0.323 e. The van der Waals surface area contributed by atoms with Crippen molar-refractivity contribution in [3.05, 3.63) is 16.6 Å². The third-order valence-corrected chi connectivity index (χ3v) is 3.48. The van der Waals surface area contributed by atoms with Crippen LogP contribution in [0.15, 0.2) is 10.8 Å². The van der Waals surface area contributed by atoms with E-state index in [1.807, 2.05) is 6.20 Å². The van der Waals surface area contributed by atoms with Gasteiger partial charge in [0.15, 0.2) is 0 Å². The van der Waals surface area contributed by atoms with Crippen LogP contribution in [0.1, 0.15) is 18.7 Å². The molecule has 1 saturated heterocycles. The van der Waals surface area contributed by atoms with Crippen molar-refractivity contribution in [3.63, 3.8) is 0 Å². The molecule has 0 spiro atoms. The zero-order chi connectivity index (χ0) is 9.97. The zero-order valence-corrected chi connectivity index (χ0v) is 10.0. The van der Waals surface area contributed by atoms with E-state index in [1.54, 1.807) is 0 Å². The number of rotatable bonds is 2. The minimum atomic E-state index is 0.757. The molecule has 1 aromatic rings. The summed E-state index contributed by atoms with van der Waals surface area (Å²) in [6.45, 7) is 5.46. The lowest BCUT2D eigenvalue weighted by Crippen LogP contribution is -2.32. The summed E-state index contributed by atoms with van der Waals surface area (Å²) in [5.41, 5.74) is 0. The van der Waals surface area contributed by atoms with E-state index in [-0.39, 0.29) is 0 Å². The maximum Gasteiger partial charge on any atom is 0.106 e. The van der Waals surface area contributed by atoms with Gasteiger partial charge in [-0.2, -0.15) is 0 Å². The largest absolute Gasteiger partial charge is 0.323 e. The number of aromatic nitrogens is 2. The second kappa shape index (κ2) is 4.45. The van der Waals surface area contributed by atoms with Crippen LogP contribution in [0.25, 0.3) is 0 Å². The minimum absolute atomic E-state index is 0.757. The van der Waals surface area contributed by atoms with Gasteiger partial charge in [-0.05, 0) is 54.7 Å². The number of hydrogen-bond acceptors (Lipinski definition) is 2. The molecule has 0 aromatic carbocycles. The lowest BCUT2D eigenvalue weighted by Gasteiger charge is -2.23. The molecule has 3 nitrogen and oxygen atoms in total. The second-order valence-electron chi connectivity index (χ2n) is 3.95. The van der Waals surface area contributed by atoms with Gasteiger partial charge in [0.1, 0.15) is 10.4 Å². The van der Waals surface area contributed by atoms with E-state index in [9.17, 15) is 0 Å². The Morgan fingerprint density at radius 2 is 2.57 bits per heavy atom. The topological polar surface area (TPSA) is 29.9 Å². The van der Waals surface area contributed by atoms with Gasteiger partial charge in [-0.25, -0.2) is 4.98 Å². The molecule has 4 heteroatoms. The third kappa shape index (κ3) is 2.17. The summed E-state index contributed by atoms with van der Waals surface area (Å²) in [5.74, 6) is 1.86. The fraction of sp³-hybridized carbons (Fsp3) is 0.700. The van der Waals surface area contributed by atoms with Crippen LogP contribution < -0.4 is 5.32 Å². The van der Waals surface area contributed by atoms with Crippen molar-refractivity contribution in [2.45, 2.75) is 26.3 Å². The summed E-state index contributed by atoms with van der Waals surface area (Å²) in [7, 11) is 0. The van der Waals surface area contributed by atoms with Crippen molar-refractivity contribution in [3.8, 4) is 0 Å². The molecule has 1 aliphatic rings. The van der Waals surface area contributed by atoms with Gasteiger partial charge in [0.25, 0.3) is 0 Å². The van der Waals surface area contributed by atoms with Gasteiger partial charge >= 0.3 is 0 Å². The Labute approximate surface area is 93.0 Å². The molecule has 0 amide bonds. The highest BCUT2D eigenvalue weighted by Crippen LogP contribution is 2.18. The van der Waals surface area contributed by atoms with Gasteiger partial charge in [-0.3, -0.25) is 0 Å². The van der Waals surface area contributed by atoms with Crippen molar-refractivity contribution in [2.24, 2.45) is 5.92 Å². The molecule has 78 valence electrons. The Balaban J connectivity index is 2.02. The first-order valence-corrected chi connectivity index (χ1v) is 5.95. The lowest BCUT2D eigenvalue weighted by atomic mass is 10.00. The Morgan fingerprint density at radius 1 is 1.71 bits per heavy atom. The standard InChI is InChI=1S/C10H16BrN3/c1-8-13-6-10(11)14(8)7-9-3-2-4-12-5-9/h6,9,12H,2-5,7H2,1H3. The highest BCUT2D eigenvalue weighted by Gasteiger charge is 2.15. The molecule has 0 aliphatic carbocycles. The molecule has 1 atom stereocenters. The van der Waals surface area contributed by atoms with Crippen molar-refractivity contribution in [1.82, 2.24) is 14.9 Å².